The van der Waals surface area contributed by atoms with Gasteiger partial charge >= 0.3 is 0 Å². The molecule has 0 bridgehead atoms. The van der Waals surface area contributed by atoms with E-state index in [1.54, 1.807) is 6.07 Å². The molecule has 4 heteroatoms. The van der Waals surface area contributed by atoms with Gasteiger partial charge in [-0.3, -0.25) is 0 Å². The average molecular weight is 326 g/mol. The number of hydrogen-bond acceptors (Lipinski definition) is 2. The summed E-state index contributed by atoms with van der Waals surface area (Å²) in [4.78, 5) is 3.21. The fraction of sp³-hybridized carbons (Fsp3) is 0.0625. The summed E-state index contributed by atoms with van der Waals surface area (Å²) in [5.74, 6) is 0. The van der Waals surface area contributed by atoms with Crippen LogP contribution in [-0.2, 0) is 6.54 Å². The third kappa shape index (κ3) is 2.54. The number of aromatic amines is 1. The van der Waals surface area contributed by atoms with Crippen LogP contribution >= 0.6 is 15.9 Å². The summed E-state index contributed by atoms with van der Waals surface area (Å²) >= 11 is 3.48. The summed E-state index contributed by atoms with van der Waals surface area (Å²) < 4.78 is 0.900. The molecule has 98 valence electrons. The highest BCUT2D eigenvalue weighted by atomic mass is 79.9. The number of nitrogens with one attached hydrogen (secondary N) is 2. The molecular weight excluding hydrogens is 314 g/mol. The van der Waals surface area contributed by atoms with E-state index >= 15 is 0 Å². The molecule has 0 saturated heterocycles. The van der Waals surface area contributed by atoms with Gasteiger partial charge in [-0.1, -0.05) is 12.1 Å². The Morgan fingerprint density at radius 1 is 1.15 bits per heavy atom. The van der Waals surface area contributed by atoms with Crippen molar-refractivity contribution >= 4 is 32.5 Å². The SMILES string of the molecule is N#Cc1ccc(NCc2ccc3cc[nH]c3c2)c(Br)c1. The van der Waals surface area contributed by atoms with Crippen molar-refractivity contribution in [2.45, 2.75) is 6.54 Å². The molecule has 0 aliphatic rings. The molecule has 0 fully saturated rings. The fourth-order valence-corrected chi connectivity index (χ4v) is 2.65. The van der Waals surface area contributed by atoms with E-state index < -0.39 is 0 Å². The number of H-pyrrole nitrogens is 1. The molecule has 2 aromatic carbocycles. The van der Waals surface area contributed by atoms with E-state index in [4.69, 9.17) is 5.26 Å². The minimum Gasteiger partial charge on any atom is -0.380 e. The molecule has 0 atom stereocenters. The van der Waals surface area contributed by atoms with E-state index in [1.807, 2.05) is 18.3 Å². The molecular formula is C16H12BrN3. The molecule has 1 heterocycles. The van der Waals surface area contributed by atoms with Crippen LogP contribution in [0.1, 0.15) is 11.1 Å². The lowest BCUT2D eigenvalue weighted by Gasteiger charge is -2.09. The summed E-state index contributed by atoms with van der Waals surface area (Å²) in [6.07, 6.45) is 1.94. The number of rotatable bonds is 3. The van der Waals surface area contributed by atoms with Crippen molar-refractivity contribution in [3.8, 4) is 6.07 Å². The normalized spacial score (nSPS) is 10.4. The Hall–Kier alpha value is -2.25. The fourth-order valence-electron chi connectivity index (χ4n) is 2.13. The largest absolute Gasteiger partial charge is 0.380 e. The number of halogens is 1. The minimum atomic E-state index is 0.648. The van der Waals surface area contributed by atoms with Crippen molar-refractivity contribution in [2.75, 3.05) is 5.32 Å². The van der Waals surface area contributed by atoms with Crippen LogP contribution in [-0.4, -0.2) is 4.98 Å². The lowest BCUT2D eigenvalue weighted by atomic mass is 10.1. The van der Waals surface area contributed by atoms with Crippen LogP contribution in [0.2, 0.25) is 0 Å². The van der Waals surface area contributed by atoms with Crippen molar-refractivity contribution in [1.82, 2.24) is 4.98 Å². The van der Waals surface area contributed by atoms with Crippen LogP contribution in [0.25, 0.3) is 10.9 Å². The summed E-state index contributed by atoms with van der Waals surface area (Å²) in [5, 5.41) is 13.4. The van der Waals surface area contributed by atoms with Gasteiger partial charge in [0.05, 0.1) is 11.6 Å². The van der Waals surface area contributed by atoms with Crippen LogP contribution < -0.4 is 5.32 Å². The van der Waals surface area contributed by atoms with Gasteiger partial charge in [0.1, 0.15) is 0 Å². The Balaban J connectivity index is 1.77. The van der Waals surface area contributed by atoms with Gasteiger partial charge in [0.2, 0.25) is 0 Å². The second-order valence-corrected chi connectivity index (χ2v) is 5.41. The average Bonchev–Trinajstić information content (AvgIpc) is 2.93. The van der Waals surface area contributed by atoms with Crippen LogP contribution in [0.5, 0.6) is 0 Å². The monoisotopic (exact) mass is 325 g/mol. The second-order valence-electron chi connectivity index (χ2n) is 4.56. The van der Waals surface area contributed by atoms with E-state index in [0.29, 0.717) is 5.56 Å². The van der Waals surface area contributed by atoms with Gasteiger partial charge in [-0.05, 0) is 57.2 Å². The lowest BCUT2D eigenvalue weighted by Crippen LogP contribution is -2.00. The Bertz CT molecular complexity index is 799. The number of benzene rings is 2. The lowest BCUT2D eigenvalue weighted by molar-refractivity contribution is 1.15. The molecule has 3 aromatic rings. The first-order valence-corrected chi connectivity index (χ1v) is 7.05. The molecule has 3 nitrogen and oxygen atoms in total. The van der Waals surface area contributed by atoms with E-state index in [0.717, 1.165) is 22.2 Å². The van der Waals surface area contributed by atoms with Crippen molar-refractivity contribution in [1.29, 1.82) is 5.26 Å². The predicted molar refractivity (Wildman–Crippen MR) is 84.5 cm³/mol. The molecule has 1 aromatic heterocycles. The smallest absolute Gasteiger partial charge is 0.0992 e. The third-order valence-electron chi connectivity index (χ3n) is 3.20. The summed E-state index contributed by atoms with van der Waals surface area (Å²) in [6.45, 7) is 0.736. The van der Waals surface area contributed by atoms with E-state index in [1.165, 1.54) is 10.9 Å². The zero-order valence-electron chi connectivity index (χ0n) is 10.7. The number of nitriles is 1. The first-order chi connectivity index (χ1) is 9.76. The number of fused-ring (bicyclic) bond motifs is 1. The highest BCUT2D eigenvalue weighted by Crippen LogP contribution is 2.24. The molecule has 0 aliphatic carbocycles. The van der Waals surface area contributed by atoms with E-state index in [2.05, 4.69) is 56.6 Å². The molecule has 0 spiro atoms. The Labute approximate surface area is 125 Å². The predicted octanol–water partition coefficient (Wildman–Crippen LogP) is 4.41. The zero-order valence-corrected chi connectivity index (χ0v) is 12.2. The van der Waals surface area contributed by atoms with Crippen LogP contribution in [0.3, 0.4) is 0 Å². The Morgan fingerprint density at radius 3 is 2.85 bits per heavy atom. The maximum atomic E-state index is 8.85. The molecule has 0 amide bonds. The number of nitrogens with zero attached hydrogens (tertiary/aromatic N) is 1. The van der Waals surface area contributed by atoms with Crippen molar-refractivity contribution < 1.29 is 0 Å². The first-order valence-electron chi connectivity index (χ1n) is 6.26. The van der Waals surface area contributed by atoms with Gasteiger partial charge < -0.3 is 10.3 Å². The molecule has 0 radical (unpaired) electrons. The van der Waals surface area contributed by atoms with Crippen molar-refractivity contribution in [3.63, 3.8) is 0 Å². The topological polar surface area (TPSA) is 51.6 Å². The standard InChI is InChI=1S/C16H12BrN3/c17-14-7-11(9-18)2-4-15(14)20-10-12-1-3-13-5-6-19-16(13)8-12/h1-8,19-20H,10H2. The second kappa shape index (κ2) is 5.40. The number of hydrogen-bond donors (Lipinski definition) is 2. The zero-order chi connectivity index (χ0) is 13.9. The summed E-state index contributed by atoms with van der Waals surface area (Å²) in [5.41, 5.74) is 3.98. The quantitative estimate of drug-likeness (QED) is 0.749. The molecule has 20 heavy (non-hydrogen) atoms. The Kier molecular flexibility index (Phi) is 3.44. The molecule has 2 N–H and O–H groups in total. The molecule has 3 rings (SSSR count). The maximum Gasteiger partial charge on any atom is 0.0992 e. The van der Waals surface area contributed by atoms with Crippen LogP contribution in [0, 0.1) is 11.3 Å². The maximum absolute atomic E-state index is 8.85. The number of aromatic nitrogens is 1. The van der Waals surface area contributed by atoms with Crippen molar-refractivity contribution in [2.24, 2.45) is 0 Å². The van der Waals surface area contributed by atoms with Crippen LogP contribution in [0.4, 0.5) is 5.69 Å². The van der Waals surface area contributed by atoms with Gasteiger partial charge in [0.15, 0.2) is 0 Å². The van der Waals surface area contributed by atoms with Crippen molar-refractivity contribution in [3.05, 3.63) is 64.3 Å². The van der Waals surface area contributed by atoms with E-state index in [9.17, 15) is 0 Å². The molecule has 0 aliphatic heterocycles. The van der Waals surface area contributed by atoms with Gasteiger partial charge in [-0.2, -0.15) is 5.26 Å². The van der Waals surface area contributed by atoms with Crippen LogP contribution in [0.15, 0.2) is 53.1 Å². The molecule has 0 saturated carbocycles. The first kappa shape index (κ1) is 12.8. The molecule has 0 unspecified atom stereocenters. The highest BCUT2D eigenvalue weighted by Gasteiger charge is 2.02. The van der Waals surface area contributed by atoms with Gasteiger partial charge in [0.25, 0.3) is 0 Å². The number of anilines is 1. The third-order valence-corrected chi connectivity index (χ3v) is 3.86. The summed E-state index contributed by atoms with van der Waals surface area (Å²) in [7, 11) is 0. The minimum absolute atomic E-state index is 0.648. The Morgan fingerprint density at radius 2 is 2.05 bits per heavy atom. The summed E-state index contributed by atoms with van der Waals surface area (Å²) in [6, 6.07) is 16.1. The van der Waals surface area contributed by atoms with Gasteiger partial charge in [-0.15, -0.1) is 0 Å². The highest BCUT2D eigenvalue weighted by molar-refractivity contribution is 9.10. The van der Waals surface area contributed by atoms with Gasteiger partial charge in [-0.25, -0.2) is 0 Å². The van der Waals surface area contributed by atoms with E-state index in [-0.39, 0.29) is 0 Å². The van der Waals surface area contributed by atoms with Gasteiger partial charge in [0, 0.05) is 28.4 Å².